The van der Waals surface area contributed by atoms with Crippen molar-refractivity contribution in [3.63, 3.8) is 0 Å². The van der Waals surface area contributed by atoms with Crippen molar-refractivity contribution >= 4 is 11.8 Å². The molecule has 0 bridgehead atoms. The van der Waals surface area contributed by atoms with Gasteiger partial charge in [0.1, 0.15) is 11.5 Å². The minimum absolute atomic E-state index is 0.0773. The third-order valence-corrected chi connectivity index (χ3v) is 2.48. The van der Waals surface area contributed by atoms with Crippen molar-refractivity contribution in [1.29, 1.82) is 0 Å². The standard InChI is InChI=1S/C13H10FNO3/c1-7-2-8(4-10(14)3-7)12(16)9-5-11(13(17)18)15-6-9/h2-6,15H,1H3,(H,17,18). The van der Waals surface area contributed by atoms with Crippen molar-refractivity contribution in [1.82, 2.24) is 4.98 Å². The van der Waals surface area contributed by atoms with Crippen molar-refractivity contribution < 1.29 is 19.1 Å². The molecule has 0 spiro atoms. The molecule has 2 rings (SSSR count). The van der Waals surface area contributed by atoms with Gasteiger partial charge in [0.2, 0.25) is 0 Å². The van der Waals surface area contributed by atoms with E-state index in [0.29, 0.717) is 5.56 Å². The quantitative estimate of drug-likeness (QED) is 0.818. The number of aromatic amines is 1. The molecule has 92 valence electrons. The largest absolute Gasteiger partial charge is 0.477 e. The van der Waals surface area contributed by atoms with Crippen molar-refractivity contribution in [3.05, 3.63) is 58.7 Å². The van der Waals surface area contributed by atoms with E-state index in [1.165, 1.54) is 18.3 Å². The van der Waals surface area contributed by atoms with Gasteiger partial charge in [-0.3, -0.25) is 4.79 Å². The maximum Gasteiger partial charge on any atom is 0.352 e. The van der Waals surface area contributed by atoms with Gasteiger partial charge in [-0.25, -0.2) is 9.18 Å². The highest BCUT2D eigenvalue weighted by Gasteiger charge is 2.14. The topological polar surface area (TPSA) is 70.2 Å². The predicted octanol–water partition coefficient (Wildman–Crippen LogP) is 2.39. The van der Waals surface area contributed by atoms with Crippen LogP contribution in [0.15, 0.2) is 30.5 Å². The van der Waals surface area contributed by atoms with E-state index in [9.17, 15) is 14.0 Å². The molecule has 0 aliphatic rings. The molecular formula is C13H10FNO3. The molecule has 1 aromatic carbocycles. The fourth-order valence-corrected chi connectivity index (χ4v) is 1.68. The maximum absolute atomic E-state index is 13.2. The van der Waals surface area contributed by atoms with Gasteiger partial charge in [-0.15, -0.1) is 0 Å². The normalized spacial score (nSPS) is 10.3. The van der Waals surface area contributed by atoms with E-state index in [1.54, 1.807) is 13.0 Å². The van der Waals surface area contributed by atoms with Crippen LogP contribution >= 0.6 is 0 Å². The Morgan fingerprint density at radius 1 is 1.17 bits per heavy atom. The Morgan fingerprint density at radius 2 is 1.89 bits per heavy atom. The third kappa shape index (κ3) is 2.29. The number of carboxylic acids is 1. The molecule has 0 fully saturated rings. The second kappa shape index (κ2) is 4.44. The van der Waals surface area contributed by atoms with Gasteiger partial charge in [0.05, 0.1) is 0 Å². The van der Waals surface area contributed by atoms with Gasteiger partial charge in [0, 0.05) is 17.3 Å². The van der Waals surface area contributed by atoms with Crippen LogP contribution in [0.3, 0.4) is 0 Å². The third-order valence-electron chi connectivity index (χ3n) is 2.48. The van der Waals surface area contributed by atoms with E-state index in [4.69, 9.17) is 5.11 Å². The van der Waals surface area contributed by atoms with Crippen LogP contribution in [0.2, 0.25) is 0 Å². The number of carboxylic acid groups (broad SMARTS) is 1. The number of hydrogen-bond acceptors (Lipinski definition) is 2. The van der Waals surface area contributed by atoms with E-state index >= 15 is 0 Å². The minimum atomic E-state index is -1.15. The Hall–Kier alpha value is -2.43. The smallest absolute Gasteiger partial charge is 0.352 e. The zero-order valence-electron chi connectivity index (χ0n) is 9.53. The number of carbonyl (C=O) groups excluding carboxylic acids is 1. The number of rotatable bonds is 3. The lowest BCUT2D eigenvalue weighted by molar-refractivity contribution is 0.0691. The van der Waals surface area contributed by atoms with E-state index in [2.05, 4.69) is 4.98 Å². The van der Waals surface area contributed by atoms with Gasteiger partial charge >= 0.3 is 5.97 Å². The molecular weight excluding hydrogens is 237 g/mol. The number of hydrogen-bond donors (Lipinski definition) is 2. The summed E-state index contributed by atoms with van der Waals surface area (Å²) in [4.78, 5) is 25.2. The van der Waals surface area contributed by atoms with Gasteiger partial charge in [0.15, 0.2) is 5.78 Å². The number of benzene rings is 1. The molecule has 1 heterocycles. The first-order valence-electron chi connectivity index (χ1n) is 5.21. The van der Waals surface area contributed by atoms with Crippen molar-refractivity contribution in [3.8, 4) is 0 Å². The number of aromatic carboxylic acids is 1. The van der Waals surface area contributed by atoms with E-state index < -0.39 is 17.6 Å². The highest BCUT2D eigenvalue weighted by molar-refractivity contribution is 6.09. The average Bonchev–Trinajstić information content (AvgIpc) is 2.75. The summed E-state index contributed by atoms with van der Waals surface area (Å²) < 4.78 is 13.2. The Morgan fingerprint density at radius 3 is 2.44 bits per heavy atom. The number of aryl methyl sites for hydroxylation is 1. The summed E-state index contributed by atoms with van der Waals surface area (Å²) in [5, 5.41) is 8.74. The number of aromatic nitrogens is 1. The summed E-state index contributed by atoms with van der Waals surface area (Å²) in [6.07, 6.45) is 1.30. The van der Waals surface area contributed by atoms with Crippen LogP contribution in [0, 0.1) is 12.7 Å². The van der Waals surface area contributed by atoms with Crippen LogP contribution in [0.5, 0.6) is 0 Å². The predicted molar refractivity (Wildman–Crippen MR) is 62.3 cm³/mol. The van der Waals surface area contributed by atoms with Crippen LogP contribution in [-0.2, 0) is 0 Å². The van der Waals surface area contributed by atoms with Gasteiger partial charge in [-0.05, 0) is 36.8 Å². The summed E-state index contributed by atoms with van der Waals surface area (Å²) in [7, 11) is 0. The zero-order valence-corrected chi connectivity index (χ0v) is 9.53. The molecule has 0 amide bonds. The minimum Gasteiger partial charge on any atom is -0.477 e. The lowest BCUT2D eigenvalue weighted by atomic mass is 10.0. The Balaban J connectivity index is 2.38. The number of halogens is 1. The van der Waals surface area contributed by atoms with E-state index in [0.717, 1.165) is 6.07 Å². The first kappa shape index (κ1) is 12.0. The Bertz CT molecular complexity index is 611. The molecule has 0 atom stereocenters. The molecule has 4 nitrogen and oxygen atoms in total. The molecule has 0 unspecified atom stereocenters. The summed E-state index contributed by atoms with van der Waals surface area (Å²) in [5.74, 6) is -2.06. The van der Waals surface area contributed by atoms with Crippen LogP contribution in [0.25, 0.3) is 0 Å². The fraction of sp³-hybridized carbons (Fsp3) is 0.0769. The molecule has 2 N–H and O–H groups in total. The molecule has 0 saturated heterocycles. The zero-order chi connectivity index (χ0) is 13.3. The van der Waals surface area contributed by atoms with E-state index in [1.807, 2.05) is 0 Å². The first-order chi connectivity index (χ1) is 8.47. The lowest BCUT2D eigenvalue weighted by Crippen LogP contribution is -2.01. The van der Waals surface area contributed by atoms with Gasteiger partial charge in [-0.2, -0.15) is 0 Å². The van der Waals surface area contributed by atoms with Crippen LogP contribution < -0.4 is 0 Å². The second-order valence-electron chi connectivity index (χ2n) is 3.95. The first-order valence-corrected chi connectivity index (χ1v) is 5.21. The molecule has 0 radical (unpaired) electrons. The van der Waals surface area contributed by atoms with Crippen LogP contribution in [-0.4, -0.2) is 21.8 Å². The SMILES string of the molecule is Cc1cc(F)cc(C(=O)c2c[nH]c(C(=O)O)c2)c1. The molecule has 0 aliphatic heterocycles. The van der Waals surface area contributed by atoms with E-state index in [-0.39, 0.29) is 16.8 Å². The lowest BCUT2D eigenvalue weighted by Gasteiger charge is -2.00. The van der Waals surface area contributed by atoms with Crippen molar-refractivity contribution in [2.75, 3.05) is 0 Å². The van der Waals surface area contributed by atoms with Gasteiger partial charge < -0.3 is 10.1 Å². The number of ketones is 1. The van der Waals surface area contributed by atoms with Crippen molar-refractivity contribution in [2.24, 2.45) is 0 Å². The summed E-state index contributed by atoms with van der Waals surface area (Å²) in [6, 6.07) is 5.23. The summed E-state index contributed by atoms with van der Waals surface area (Å²) >= 11 is 0. The number of nitrogens with one attached hydrogen (secondary N) is 1. The monoisotopic (exact) mass is 247 g/mol. The summed E-state index contributed by atoms with van der Waals surface area (Å²) in [6.45, 7) is 1.68. The average molecular weight is 247 g/mol. The molecule has 18 heavy (non-hydrogen) atoms. The van der Waals surface area contributed by atoms with Crippen LogP contribution in [0.4, 0.5) is 4.39 Å². The fourth-order valence-electron chi connectivity index (χ4n) is 1.68. The summed E-state index contributed by atoms with van der Waals surface area (Å²) in [5.41, 5.74) is 0.944. The van der Waals surface area contributed by atoms with Gasteiger partial charge in [0.25, 0.3) is 0 Å². The van der Waals surface area contributed by atoms with Crippen molar-refractivity contribution in [2.45, 2.75) is 6.92 Å². The molecule has 2 aromatic rings. The Kier molecular flexibility index (Phi) is 2.97. The molecule has 0 saturated carbocycles. The number of carbonyl (C=O) groups is 2. The highest BCUT2D eigenvalue weighted by Crippen LogP contribution is 2.14. The number of H-pyrrole nitrogens is 1. The highest BCUT2D eigenvalue weighted by atomic mass is 19.1. The molecule has 0 aliphatic carbocycles. The molecule has 1 aromatic heterocycles. The molecule has 5 heteroatoms. The van der Waals surface area contributed by atoms with Gasteiger partial charge in [-0.1, -0.05) is 0 Å². The Labute approximate surface area is 102 Å². The van der Waals surface area contributed by atoms with Crippen LogP contribution in [0.1, 0.15) is 32.0 Å². The maximum atomic E-state index is 13.2. The second-order valence-corrected chi connectivity index (χ2v) is 3.95.